The Labute approximate surface area is 161 Å². The monoisotopic (exact) mass is 393 g/mol. The van der Waals surface area contributed by atoms with E-state index in [4.69, 9.17) is 9.47 Å². The minimum Gasteiger partial charge on any atom is -0.489 e. The van der Waals surface area contributed by atoms with Crippen LogP contribution in [0.25, 0.3) is 0 Å². The third-order valence-corrected chi connectivity index (χ3v) is 4.51. The van der Waals surface area contributed by atoms with Gasteiger partial charge in [0.1, 0.15) is 12.4 Å². The summed E-state index contributed by atoms with van der Waals surface area (Å²) in [5, 5.41) is 2.76. The van der Waals surface area contributed by atoms with Crippen LogP contribution in [0.15, 0.2) is 48.5 Å². The Kier molecular flexibility index (Phi) is 6.57. The normalized spacial score (nSPS) is 17.2. The number of anilines is 1. The Balaban J connectivity index is 1.57. The molecule has 1 heterocycles. The van der Waals surface area contributed by atoms with Gasteiger partial charge in [0.2, 0.25) is 5.91 Å². The SMILES string of the molecule is O=C(Cc1ccc(C(F)(F)F)cc1)Nc1ccccc1OCC1CCCCO1. The number of hydrogen-bond acceptors (Lipinski definition) is 3. The molecule has 0 saturated carbocycles. The van der Waals surface area contributed by atoms with Crippen molar-refractivity contribution in [2.45, 2.75) is 38.0 Å². The summed E-state index contributed by atoms with van der Waals surface area (Å²) < 4.78 is 49.3. The number of ether oxygens (including phenoxy) is 2. The van der Waals surface area contributed by atoms with Gasteiger partial charge in [0.05, 0.1) is 23.8 Å². The van der Waals surface area contributed by atoms with Crippen LogP contribution in [0.2, 0.25) is 0 Å². The number of alkyl halides is 3. The van der Waals surface area contributed by atoms with Gasteiger partial charge in [-0.3, -0.25) is 4.79 Å². The van der Waals surface area contributed by atoms with E-state index in [0.717, 1.165) is 38.0 Å². The number of nitrogens with one attached hydrogen (secondary N) is 1. The van der Waals surface area contributed by atoms with Crippen molar-refractivity contribution in [2.75, 3.05) is 18.5 Å². The summed E-state index contributed by atoms with van der Waals surface area (Å²) in [4.78, 5) is 12.3. The van der Waals surface area contributed by atoms with Crippen molar-refractivity contribution in [1.29, 1.82) is 0 Å². The zero-order chi connectivity index (χ0) is 20.0. The van der Waals surface area contributed by atoms with E-state index in [1.807, 2.05) is 6.07 Å². The minimum absolute atomic E-state index is 0.0296. The number of para-hydroxylation sites is 2. The highest BCUT2D eigenvalue weighted by Gasteiger charge is 2.30. The Hall–Kier alpha value is -2.54. The molecule has 1 atom stereocenters. The van der Waals surface area contributed by atoms with Gasteiger partial charge in [0, 0.05) is 6.61 Å². The summed E-state index contributed by atoms with van der Waals surface area (Å²) in [6.45, 7) is 1.14. The molecule has 0 aliphatic carbocycles. The van der Waals surface area contributed by atoms with E-state index in [1.165, 1.54) is 12.1 Å². The van der Waals surface area contributed by atoms with Crippen molar-refractivity contribution in [1.82, 2.24) is 0 Å². The number of rotatable bonds is 6. The van der Waals surface area contributed by atoms with E-state index in [0.29, 0.717) is 23.6 Å². The van der Waals surface area contributed by atoms with Crippen molar-refractivity contribution in [3.63, 3.8) is 0 Å². The smallest absolute Gasteiger partial charge is 0.416 e. The molecule has 4 nitrogen and oxygen atoms in total. The lowest BCUT2D eigenvalue weighted by atomic mass is 10.1. The number of halogens is 3. The van der Waals surface area contributed by atoms with Gasteiger partial charge in [-0.2, -0.15) is 13.2 Å². The zero-order valence-corrected chi connectivity index (χ0v) is 15.3. The molecule has 3 rings (SSSR count). The largest absolute Gasteiger partial charge is 0.489 e. The van der Waals surface area contributed by atoms with Gasteiger partial charge in [-0.1, -0.05) is 24.3 Å². The summed E-state index contributed by atoms with van der Waals surface area (Å²) in [6.07, 6.45) is -1.25. The average Bonchev–Trinajstić information content (AvgIpc) is 2.68. The van der Waals surface area contributed by atoms with Crippen molar-refractivity contribution < 1.29 is 27.4 Å². The fourth-order valence-electron chi connectivity index (χ4n) is 3.01. The van der Waals surface area contributed by atoms with Crippen molar-refractivity contribution >= 4 is 11.6 Å². The molecule has 0 aromatic heterocycles. The van der Waals surface area contributed by atoms with Crippen molar-refractivity contribution in [3.05, 3.63) is 59.7 Å². The van der Waals surface area contributed by atoms with Crippen LogP contribution in [0.1, 0.15) is 30.4 Å². The Morgan fingerprint density at radius 1 is 1.11 bits per heavy atom. The highest BCUT2D eigenvalue weighted by molar-refractivity contribution is 5.93. The van der Waals surface area contributed by atoms with E-state index in [1.54, 1.807) is 18.2 Å². The van der Waals surface area contributed by atoms with Crippen molar-refractivity contribution in [2.24, 2.45) is 0 Å². The topological polar surface area (TPSA) is 47.6 Å². The molecule has 1 saturated heterocycles. The predicted molar refractivity (Wildman–Crippen MR) is 99.3 cm³/mol. The van der Waals surface area contributed by atoms with Crippen LogP contribution in [0.4, 0.5) is 18.9 Å². The van der Waals surface area contributed by atoms with Gasteiger partial charge in [0.15, 0.2) is 0 Å². The molecule has 28 heavy (non-hydrogen) atoms. The lowest BCUT2D eigenvalue weighted by Gasteiger charge is -2.23. The molecule has 1 aliphatic rings. The summed E-state index contributed by atoms with van der Waals surface area (Å²) in [6, 6.07) is 11.6. The van der Waals surface area contributed by atoms with E-state index in [9.17, 15) is 18.0 Å². The van der Waals surface area contributed by atoms with Crippen LogP contribution >= 0.6 is 0 Å². The number of benzene rings is 2. The van der Waals surface area contributed by atoms with E-state index < -0.39 is 11.7 Å². The number of hydrogen-bond donors (Lipinski definition) is 1. The third kappa shape index (κ3) is 5.73. The first-order valence-corrected chi connectivity index (χ1v) is 9.21. The molecule has 0 spiro atoms. The van der Waals surface area contributed by atoms with Crippen LogP contribution in [-0.2, 0) is 22.1 Å². The standard InChI is InChI=1S/C21H22F3NO3/c22-21(23,24)16-10-8-15(9-11-16)13-20(26)25-18-6-1-2-7-19(18)28-14-17-5-3-4-12-27-17/h1-2,6-11,17H,3-5,12-14H2,(H,25,26). The van der Waals surface area contributed by atoms with Gasteiger partial charge in [-0.05, 0) is 49.1 Å². The van der Waals surface area contributed by atoms with E-state index in [2.05, 4.69) is 5.32 Å². The van der Waals surface area contributed by atoms with Crippen LogP contribution in [0.5, 0.6) is 5.75 Å². The first-order valence-electron chi connectivity index (χ1n) is 9.21. The minimum atomic E-state index is -4.39. The number of carbonyl (C=O) groups excluding carboxylic acids is 1. The van der Waals surface area contributed by atoms with Gasteiger partial charge in [-0.25, -0.2) is 0 Å². The summed E-state index contributed by atoms with van der Waals surface area (Å²) in [5.74, 6) is 0.210. The van der Waals surface area contributed by atoms with Crippen LogP contribution in [0.3, 0.4) is 0 Å². The molecule has 2 aromatic rings. The molecule has 0 bridgehead atoms. The first kappa shape index (κ1) is 20.2. The van der Waals surface area contributed by atoms with E-state index in [-0.39, 0.29) is 18.4 Å². The second-order valence-electron chi connectivity index (χ2n) is 6.72. The van der Waals surface area contributed by atoms with Gasteiger partial charge in [-0.15, -0.1) is 0 Å². The van der Waals surface area contributed by atoms with Crippen LogP contribution in [0, 0.1) is 0 Å². The van der Waals surface area contributed by atoms with Crippen LogP contribution in [-0.4, -0.2) is 25.2 Å². The molecular formula is C21H22F3NO3. The highest BCUT2D eigenvalue weighted by atomic mass is 19.4. The molecule has 2 aromatic carbocycles. The van der Waals surface area contributed by atoms with Gasteiger partial charge >= 0.3 is 6.18 Å². The molecular weight excluding hydrogens is 371 g/mol. The fraction of sp³-hybridized carbons (Fsp3) is 0.381. The molecule has 1 amide bonds. The summed E-state index contributed by atoms with van der Waals surface area (Å²) in [7, 11) is 0. The maximum absolute atomic E-state index is 12.6. The van der Waals surface area contributed by atoms with Crippen molar-refractivity contribution in [3.8, 4) is 5.75 Å². The fourth-order valence-corrected chi connectivity index (χ4v) is 3.01. The molecule has 150 valence electrons. The molecule has 1 aliphatic heterocycles. The maximum Gasteiger partial charge on any atom is 0.416 e. The van der Waals surface area contributed by atoms with Gasteiger partial charge in [0.25, 0.3) is 0 Å². The molecule has 0 radical (unpaired) electrons. The second kappa shape index (κ2) is 9.10. The lowest BCUT2D eigenvalue weighted by molar-refractivity contribution is -0.137. The molecule has 1 N–H and O–H groups in total. The van der Waals surface area contributed by atoms with E-state index >= 15 is 0 Å². The highest BCUT2D eigenvalue weighted by Crippen LogP contribution is 2.29. The predicted octanol–water partition coefficient (Wildman–Crippen LogP) is 4.83. The Bertz CT molecular complexity index is 784. The van der Waals surface area contributed by atoms with Gasteiger partial charge < -0.3 is 14.8 Å². The summed E-state index contributed by atoms with van der Waals surface area (Å²) >= 11 is 0. The zero-order valence-electron chi connectivity index (χ0n) is 15.3. The molecule has 1 fully saturated rings. The first-order chi connectivity index (χ1) is 13.4. The quantitative estimate of drug-likeness (QED) is 0.764. The number of amides is 1. The number of carbonyl (C=O) groups is 1. The molecule has 1 unspecified atom stereocenters. The maximum atomic E-state index is 12.6. The molecule has 7 heteroatoms. The summed E-state index contributed by atoms with van der Waals surface area (Å²) in [5.41, 5.74) is 0.287. The Morgan fingerprint density at radius 2 is 1.86 bits per heavy atom. The van der Waals surface area contributed by atoms with Crippen LogP contribution < -0.4 is 10.1 Å². The lowest BCUT2D eigenvalue weighted by Crippen LogP contribution is -2.26. The second-order valence-corrected chi connectivity index (χ2v) is 6.72. The Morgan fingerprint density at radius 3 is 2.54 bits per heavy atom. The average molecular weight is 393 g/mol. The third-order valence-electron chi connectivity index (χ3n) is 4.51.